The predicted molar refractivity (Wildman–Crippen MR) is 210 cm³/mol. The van der Waals surface area contributed by atoms with Crippen LogP contribution in [0.3, 0.4) is 0 Å². The van der Waals surface area contributed by atoms with Crippen LogP contribution in [0.15, 0.2) is 168 Å². The summed E-state index contributed by atoms with van der Waals surface area (Å²) < 4.78 is 8.62. The second-order valence-corrected chi connectivity index (χ2v) is 12.9. The van der Waals surface area contributed by atoms with Crippen molar-refractivity contribution in [1.82, 2.24) is 19.5 Å². The maximum absolute atomic E-state index is 11.7. The third-order valence-corrected chi connectivity index (χ3v) is 9.76. The monoisotopic (exact) mass is 685 g/mol. The molecule has 0 unspecified atom stereocenters. The number of nitro benzene ring substituents is 1. The van der Waals surface area contributed by atoms with Crippen LogP contribution in [0.25, 0.3) is 94.7 Å². The highest BCUT2D eigenvalue weighted by atomic mass is 16.6. The van der Waals surface area contributed by atoms with E-state index in [-0.39, 0.29) is 10.6 Å². The van der Waals surface area contributed by atoms with E-state index in [9.17, 15) is 10.1 Å². The zero-order chi connectivity index (χ0) is 35.5. The number of nitrogens with zero attached hydrogens (tertiary/aromatic N) is 5. The Bertz CT molecular complexity index is 2970. The highest BCUT2D eigenvalue weighted by molar-refractivity contribution is 6.17. The number of aromatic nitrogens is 4. The smallest absolute Gasteiger partial charge is 0.269 e. The van der Waals surface area contributed by atoms with E-state index in [4.69, 9.17) is 19.4 Å². The second-order valence-electron chi connectivity index (χ2n) is 12.9. The Morgan fingerprint density at radius 3 is 1.74 bits per heavy atom. The van der Waals surface area contributed by atoms with E-state index in [1.54, 1.807) is 24.3 Å². The minimum absolute atomic E-state index is 0.0214. The van der Waals surface area contributed by atoms with Gasteiger partial charge in [-0.15, -0.1) is 0 Å². The van der Waals surface area contributed by atoms with Gasteiger partial charge in [-0.3, -0.25) is 10.1 Å². The van der Waals surface area contributed by atoms with Gasteiger partial charge in [0.1, 0.15) is 11.2 Å². The van der Waals surface area contributed by atoms with Crippen LogP contribution >= 0.6 is 0 Å². The van der Waals surface area contributed by atoms with Gasteiger partial charge in [-0.1, -0.05) is 97.1 Å². The Kier molecular flexibility index (Phi) is 6.94. The van der Waals surface area contributed by atoms with E-state index in [2.05, 4.69) is 53.1 Å². The van der Waals surface area contributed by atoms with Gasteiger partial charge in [0.05, 0.1) is 21.6 Å². The van der Waals surface area contributed by atoms with E-state index in [1.165, 1.54) is 0 Å². The van der Waals surface area contributed by atoms with Crippen molar-refractivity contribution in [1.29, 1.82) is 0 Å². The lowest BCUT2D eigenvalue weighted by Gasteiger charge is -2.16. The molecule has 0 spiro atoms. The SMILES string of the molecule is O=[N+]([O-])c1ccc(-c2cc(-c3nc(-c4ccccc4)nc(-c4ccccc4)n3)ccc2-n2c3ccccc3c3cc4c(cc32)oc2ccccc24)cc1. The van der Waals surface area contributed by atoms with Crippen molar-refractivity contribution in [2.75, 3.05) is 0 Å². The quantitative estimate of drug-likeness (QED) is 0.128. The van der Waals surface area contributed by atoms with Gasteiger partial charge >= 0.3 is 0 Å². The molecular weight excluding hydrogens is 659 g/mol. The van der Waals surface area contributed by atoms with Crippen LogP contribution in [0, 0.1) is 10.1 Å². The molecule has 0 aliphatic heterocycles. The fourth-order valence-corrected chi connectivity index (χ4v) is 7.25. The molecule has 0 saturated carbocycles. The van der Waals surface area contributed by atoms with E-state index in [1.807, 2.05) is 91.0 Å². The Morgan fingerprint density at radius 2 is 1.06 bits per heavy atom. The van der Waals surface area contributed by atoms with Crippen molar-refractivity contribution < 1.29 is 9.34 Å². The average molecular weight is 686 g/mol. The molecule has 0 atom stereocenters. The van der Waals surface area contributed by atoms with Crippen molar-refractivity contribution in [2.24, 2.45) is 0 Å². The van der Waals surface area contributed by atoms with Gasteiger partial charge in [-0.25, -0.2) is 15.0 Å². The predicted octanol–water partition coefficient (Wildman–Crippen LogP) is 11.4. The highest BCUT2D eigenvalue weighted by Crippen LogP contribution is 2.41. The second kappa shape index (κ2) is 12.1. The molecule has 7 aromatic carbocycles. The third-order valence-electron chi connectivity index (χ3n) is 9.76. The minimum Gasteiger partial charge on any atom is -0.456 e. The van der Waals surface area contributed by atoms with E-state index in [0.717, 1.165) is 77.2 Å². The average Bonchev–Trinajstić information content (AvgIpc) is 3.75. The van der Waals surface area contributed by atoms with E-state index < -0.39 is 0 Å². The number of non-ortho nitro benzene ring substituents is 1. The number of para-hydroxylation sites is 2. The first-order valence-corrected chi connectivity index (χ1v) is 17.2. The van der Waals surface area contributed by atoms with Crippen LogP contribution in [0.4, 0.5) is 5.69 Å². The van der Waals surface area contributed by atoms with Crippen molar-refractivity contribution in [3.63, 3.8) is 0 Å². The van der Waals surface area contributed by atoms with Gasteiger partial charge in [0, 0.05) is 62.0 Å². The lowest BCUT2D eigenvalue weighted by Crippen LogP contribution is -2.02. The molecule has 0 saturated heterocycles. The maximum Gasteiger partial charge on any atom is 0.269 e. The largest absolute Gasteiger partial charge is 0.456 e. The number of hydrogen-bond donors (Lipinski definition) is 0. The Labute approximate surface area is 302 Å². The summed E-state index contributed by atoms with van der Waals surface area (Å²) in [4.78, 5) is 26.1. The highest BCUT2D eigenvalue weighted by Gasteiger charge is 2.21. The van der Waals surface area contributed by atoms with Crippen molar-refractivity contribution in [3.8, 4) is 51.0 Å². The fraction of sp³-hybridized carbons (Fsp3) is 0. The van der Waals surface area contributed by atoms with E-state index in [0.29, 0.717) is 17.5 Å². The molecule has 250 valence electrons. The van der Waals surface area contributed by atoms with Gasteiger partial charge in [0.25, 0.3) is 5.69 Å². The number of benzene rings is 7. The molecule has 0 bridgehead atoms. The van der Waals surface area contributed by atoms with Gasteiger partial charge < -0.3 is 8.98 Å². The van der Waals surface area contributed by atoms with Crippen LogP contribution in [-0.4, -0.2) is 24.4 Å². The van der Waals surface area contributed by atoms with Gasteiger partial charge in [-0.2, -0.15) is 0 Å². The van der Waals surface area contributed by atoms with Crippen molar-refractivity contribution >= 4 is 49.4 Å². The first-order valence-electron chi connectivity index (χ1n) is 17.2. The molecule has 0 aliphatic rings. The van der Waals surface area contributed by atoms with Gasteiger partial charge in [-0.05, 0) is 54.1 Å². The van der Waals surface area contributed by atoms with Crippen LogP contribution in [0.1, 0.15) is 0 Å². The number of nitro groups is 1. The number of rotatable bonds is 6. The molecule has 0 amide bonds. The summed E-state index contributed by atoms with van der Waals surface area (Å²) in [6.07, 6.45) is 0. The summed E-state index contributed by atoms with van der Waals surface area (Å²) in [7, 11) is 0. The summed E-state index contributed by atoms with van der Waals surface area (Å²) >= 11 is 0. The Morgan fingerprint density at radius 1 is 0.472 bits per heavy atom. The first-order chi connectivity index (χ1) is 26.1. The molecule has 3 heterocycles. The topological polar surface area (TPSA) is 99.9 Å². The van der Waals surface area contributed by atoms with E-state index >= 15 is 0 Å². The molecule has 3 aromatic heterocycles. The minimum atomic E-state index is -0.381. The molecule has 0 N–H and O–H groups in total. The number of hydrogen-bond acceptors (Lipinski definition) is 6. The molecule has 8 nitrogen and oxygen atoms in total. The molecule has 10 aromatic rings. The summed E-state index contributed by atoms with van der Waals surface area (Å²) in [6, 6.07) is 53.4. The molecule has 0 radical (unpaired) electrons. The molecule has 0 fully saturated rings. The Balaban J connectivity index is 1.24. The Hall–Kier alpha value is -7.45. The number of fused-ring (bicyclic) bond motifs is 6. The summed E-state index contributed by atoms with van der Waals surface area (Å²) in [6.45, 7) is 0. The lowest BCUT2D eigenvalue weighted by molar-refractivity contribution is -0.384. The molecule has 53 heavy (non-hydrogen) atoms. The first kappa shape index (κ1) is 30.4. The van der Waals surface area contributed by atoms with Crippen LogP contribution in [0.2, 0.25) is 0 Å². The number of furan rings is 1. The molecule has 0 aliphatic carbocycles. The summed E-state index contributed by atoms with van der Waals surface area (Å²) in [5.74, 6) is 1.64. The molecule has 10 rings (SSSR count). The zero-order valence-electron chi connectivity index (χ0n) is 28.0. The zero-order valence-corrected chi connectivity index (χ0v) is 28.0. The van der Waals surface area contributed by atoms with Crippen LogP contribution < -0.4 is 0 Å². The van der Waals surface area contributed by atoms with Gasteiger partial charge in [0.2, 0.25) is 0 Å². The van der Waals surface area contributed by atoms with Crippen LogP contribution in [-0.2, 0) is 0 Å². The van der Waals surface area contributed by atoms with Crippen molar-refractivity contribution in [3.05, 3.63) is 174 Å². The standard InChI is InChI=1S/C45H27N5O3/c51-50(52)32-22-19-28(20-23-32)35-25-31(45-47-43(29-11-3-1-4-12-29)46-44(48-45)30-13-5-2-6-14-30)21-24-39(35)49-38-17-9-7-15-33(38)36-26-37-34-16-8-10-18-41(34)53-42(37)27-40(36)49/h1-27H. The lowest BCUT2D eigenvalue weighted by atomic mass is 9.99. The fourth-order valence-electron chi connectivity index (χ4n) is 7.25. The third kappa shape index (κ3) is 5.12. The van der Waals surface area contributed by atoms with Gasteiger partial charge in [0.15, 0.2) is 17.5 Å². The van der Waals surface area contributed by atoms with Crippen molar-refractivity contribution in [2.45, 2.75) is 0 Å². The molecular formula is C45H27N5O3. The molecule has 8 heteroatoms. The maximum atomic E-state index is 11.7. The normalized spacial score (nSPS) is 11.5. The van der Waals surface area contributed by atoms with Crippen LogP contribution in [0.5, 0.6) is 0 Å². The summed E-state index contributed by atoms with van der Waals surface area (Å²) in [5.41, 5.74) is 8.74. The summed E-state index contributed by atoms with van der Waals surface area (Å²) in [5, 5.41) is 16.0.